The van der Waals surface area contributed by atoms with Crippen molar-refractivity contribution in [2.75, 3.05) is 18.1 Å². The second-order valence-corrected chi connectivity index (χ2v) is 3.50. The van der Waals surface area contributed by atoms with Crippen molar-refractivity contribution in [2.24, 2.45) is 5.73 Å². The van der Waals surface area contributed by atoms with Gasteiger partial charge in [0.05, 0.1) is 18.0 Å². The molecule has 1 atom stereocenters. The normalized spacial score (nSPS) is 16.3. The topological polar surface area (TPSA) is 79.5 Å². The van der Waals surface area contributed by atoms with Crippen LogP contribution in [0.5, 0.6) is 0 Å². The smallest absolute Gasteiger partial charge is 0.246 e. The number of carbonyl (C=O) groups excluding carboxylic acids is 1. The van der Waals surface area contributed by atoms with Gasteiger partial charge in [0.1, 0.15) is 6.04 Å². The number of hydrogen-bond donors (Lipinski definition) is 2. The van der Waals surface area contributed by atoms with Crippen LogP contribution in [-0.2, 0) is 11.2 Å². The summed E-state index contributed by atoms with van der Waals surface area (Å²) in [4.78, 5) is 17.5. The van der Waals surface area contributed by atoms with Crippen molar-refractivity contribution in [1.29, 1.82) is 0 Å². The Balaban J connectivity index is 2.24. The van der Waals surface area contributed by atoms with Crippen LogP contribution in [0.25, 0.3) is 0 Å². The Morgan fingerprint density at radius 1 is 1.73 bits per heavy atom. The molecule has 2 rings (SSSR count). The van der Waals surface area contributed by atoms with Gasteiger partial charge in [-0.05, 0) is 12.1 Å². The SMILES string of the molecule is N[C@H](CO)C(=O)N1CCc2ncccc21. The third-order valence-electron chi connectivity index (χ3n) is 2.51. The number of nitrogens with zero attached hydrogens (tertiary/aromatic N) is 2. The lowest BCUT2D eigenvalue weighted by atomic mass is 10.2. The summed E-state index contributed by atoms with van der Waals surface area (Å²) in [5, 5.41) is 8.83. The zero-order valence-electron chi connectivity index (χ0n) is 8.26. The van der Waals surface area contributed by atoms with Crippen molar-refractivity contribution in [3.8, 4) is 0 Å². The summed E-state index contributed by atoms with van der Waals surface area (Å²) >= 11 is 0. The van der Waals surface area contributed by atoms with E-state index in [1.165, 1.54) is 0 Å². The van der Waals surface area contributed by atoms with E-state index in [0.29, 0.717) is 6.54 Å². The van der Waals surface area contributed by atoms with E-state index < -0.39 is 6.04 Å². The quantitative estimate of drug-likeness (QED) is 0.671. The number of rotatable bonds is 2. The van der Waals surface area contributed by atoms with E-state index in [1.807, 2.05) is 6.07 Å². The van der Waals surface area contributed by atoms with Crippen LogP contribution in [0.1, 0.15) is 5.69 Å². The molecule has 5 nitrogen and oxygen atoms in total. The van der Waals surface area contributed by atoms with Crippen LogP contribution in [0.4, 0.5) is 5.69 Å². The van der Waals surface area contributed by atoms with Gasteiger partial charge in [-0.3, -0.25) is 9.78 Å². The summed E-state index contributed by atoms with van der Waals surface area (Å²) in [5.41, 5.74) is 7.22. The molecule has 15 heavy (non-hydrogen) atoms. The first-order valence-electron chi connectivity index (χ1n) is 4.85. The van der Waals surface area contributed by atoms with Gasteiger partial charge in [0.25, 0.3) is 0 Å². The molecule has 1 aliphatic heterocycles. The number of aliphatic hydroxyl groups excluding tert-OH is 1. The molecule has 3 N–H and O–H groups in total. The molecular weight excluding hydrogens is 194 g/mol. The maximum atomic E-state index is 11.8. The van der Waals surface area contributed by atoms with E-state index in [2.05, 4.69) is 4.98 Å². The number of aliphatic hydroxyl groups is 1. The zero-order chi connectivity index (χ0) is 10.8. The van der Waals surface area contributed by atoms with Gasteiger partial charge in [-0.25, -0.2) is 0 Å². The molecule has 1 amide bonds. The Hall–Kier alpha value is -1.46. The molecule has 0 aromatic carbocycles. The van der Waals surface area contributed by atoms with Crippen LogP contribution in [0.15, 0.2) is 18.3 Å². The monoisotopic (exact) mass is 207 g/mol. The summed E-state index contributed by atoms with van der Waals surface area (Å²) in [6, 6.07) is 2.79. The van der Waals surface area contributed by atoms with E-state index in [1.54, 1.807) is 17.2 Å². The summed E-state index contributed by atoms with van der Waals surface area (Å²) in [5.74, 6) is -0.246. The van der Waals surface area contributed by atoms with Crippen LogP contribution in [-0.4, -0.2) is 35.2 Å². The third-order valence-corrected chi connectivity index (χ3v) is 2.51. The standard InChI is InChI=1S/C10H13N3O2/c11-7(6-14)10(15)13-5-3-8-9(13)2-1-4-12-8/h1-2,4,7,14H,3,5-6,11H2/t7-/m1/s1. The highest BCUT2D eigenvalue weighted by molar-refractivity contribution is 5.98. The molecule has 5 heteroatoms. The second-order valence-electron chi connectivity index (χ2n) is 3.50. The minimum Gasteiger partial charge on any atom is -0.394 e. The molecular formula is C10H13N3O2. The number of carbonyl (C=O) groups is 1. The van der Waals surface area contributed by atoms with Crippen molar-refractivity contribution < 1.29 is 9.90 Å². The first-order chi connectivity index (χ1) is 7.24. The first-order valence-corrected chi connectivity index (χ1v) is 4.85. The molecule has 0 aliphatic carbocycles. The Kier molecular flexibility index (Phi) is 2.66. The van der Waals surface area contributed by atoms with E-state index >= 15 is 0 Å². The zero-order valence-corrected chi connectivity index (χ0v) is 8.26. The first kappa shape index (κ1) is 10.1. The lowest BCUT2D eigenvalue weighted by molar-refractivity contribution is -0.120. The highest BCUT2D eigenvalue weighted by atomic mass is 16.3. The van der Waals surface area contributed by atoms with E-state index in [-0.39, 0.29) is 12.5 Å². The number of hydrogen-bond acceptors (Lipinski definition) is 4. The minimum absolute atomic E-state index is 0.246. The number of nitrogens with two attached hydrogens (primary N) is 1. The van der Waals surface area contributed by atoms with Gasteiger partial charge in [0.2, 0.25) is 5.91 Å². The fourth-order valence-corrected chi connectivity index (χ4v) is 1.71. The highest BCUT2D eigenvalue weighted by Crippen LogP contribution is 2.25. The fraction of sp³-hybridized carbons (Fsp3) is 0.400. The molecule has 1 aliphatic rings. The Morgan fingerprint density at radius 2 is 2.53 bits per heavy atom. The fourth-order valence-electron chi connectivity index (χ4n) is 1.71. The average Bonchev–Trinajstić information content (AvgIpc) is 2.70. The molecule has 0 radical (unpaired) electrons. The minimum atomic E-state index is -0.837. The van der Waals surface area contributed by atoms with Gasteiger partial charge in [-0.15, -0.1) is 0 Å². The molecule has 0 unspecified atom stereocenters. The van der Waals surface area contributed by atoms with E-state index in [4.69, 9.17) is 10.8 Å². The van der Waals surface area contributed by atoms with Crippen molar-refractivity contribution in [1.82, 2.24) is 4.98 Å². The Morgan fingerprint density at radius 3 is 3.27 bits per heavy atom. The maximum absolute atomic E-state index is 11.8. The number of anilines is 1. The van der Waals surface area contributed by atoms with Gasteiger partial charge in [0, 0.05) is 19.2 Å². The van der Waals surface area contributed by atoms with Gasteiger partial charge in [0.15, 0.2) is 0 Å². The average molecular weight is 207 g/mol. The lowest BCUT2D eigenvalue weighted by Crippen LogP contribution is -2.45. The largest absolute Gasteiger partial charge is 0.394 e. The number of aromatic nitrogens is 1. The van der Waals surface area contributed by atoms with Crippen LogP contribution in [0, 0.1) is 0 Å². The summed E-state index contributed by atoms with van der Waals surface area (Å²) in [6.45, 7) is 0.268. The number of amides is 1. The van der Waals surface area contributed by atoms with E-state index in [9.17, 15) is 4.79 Å². The van der Waals surface area contributed by atoms with Gasteiger partial charge < -0.3 is 15.7 Å². The van der Waals surface area contributed by atoms with Gasteiger partial charge in [-0.2, -0.15) is 0 Å². The molecule has 0 bridgehead atoms. The van der Waals surface area contributed by atoms with Gasteiger partial charge >= 0.3 is 0 Å². The van der Waals surface area contributed by atoms with Crippen molar-refractivity contribution in [3.05, 3.63) is 24.0 Å². The molecule has 0 saturated heterocycles. The van der Waals surface area contributed by atoms with Crippen LogP contribution in [0.2, 0.25) is 0 Å². The summed E-state index contributed by atoms with van der Waals surface area (Å²) in [6.07, 6.45) is 2.46. The summed E-state index contributed by atoms with van der Waals surface area (Å²) < 4.78 is 0. The van der Waals surface area contributed by atoms with Crippen molar-refractivity contribution in [2.45, 2.75) is 12.5 Å². The Bertz CT molecular complexity index is 381. The molecule has 0 spiro atoms. The number of pyridine rings is 1. The van der Waals surface area contributed by atoms with Crippen LogP contribution < -0.4 is 10.6 Å². The van der Waals surface area contributed by atoms with Crippen LogP contribution >= 0.6 is 0 Å². The third kappa shape index (κ3) is 1.71. The summed E-state index contributed by atoms with van der Waals surface area (Å²) in [7, 11) is 0. The number of fused-ring (bicyclic) bond motifs is 1. The highest BCUT2D eigenvalue weighted by Gasteiger charge is 2.28. The van der Waals surface area contributed by atoms with E-state index in [0.717, 1.165) is 17.8 Å². The molecule has 80 valence electrons. The molecule has 2 heterocycles. The predicted octanol–water partition coefficient (Wildman–Crippen LogP) is -0.710. The van der Waals surface area contributed by atoms with Crippen molar-refractivity contribution >= 4 is 11.6 Å². The van der Waals surface area contributed by atoms with Gasteiger partial charge in [-0.1, -0.05) is 0 Å². The van der Waals surface area contributed by atoms with Crippen LogP contribution in [0.3, 0.4) is 0 Å². The van der Waals surface area contributed by atoms with Crippen molar-refractivity contribution in [3.63, 3.8) is 0 Å². The molecule has 1 aromatic rings. The molecule has 1 aromatic heterocycles. The predicted molar refractivity (Wildman–Crippen MR) is 55.4 cm³/mol. The molecule has 0 saturated carbocycles. The Labute approximate surface area is 87.5 Å². The lowest BCUT2D eigenvalue weighted by Gasteiger charge is -2.19. The second kappa shape index (κ2) is 3.96. The molecule has 0 fully saturated rings. The maximum Gasteiger partial charge on any atom is 0.246 e.